The van der Waals surface area contributed by atoms with Gasteiger partial charge in [-0.2, -0.15) is 0 Å². The second kappa shape index (κ2) is 11.8. The number of hydrogen-bond acceptors (Lipinski definition) is 8. The Morgan fingerprint density at radius 3 is 2.13 bits per heavy atom. The van der Waals surface area contributed by atoms with E-state index in [-0.39, 0.29) is 17.3 Å². The number of anilines is 1. The van der Waals surface area contributed by atoms with Crippen LogP contribution in [-0.4, -0.2) is 45.9 Å². The summed E-state index contributed by atoms with van der Waals surface area (Å²) in [6.07, 6.45) is 3.72. The normalized spacial score (nSPS) is 11.0. The molecule has 0 fully saturated rings. The van der Waals surface area contributed by atoms with Gasteiger partial charge in [-0.15, -0.1) is 0 Å². The van der Waals surface area contributed by atoms with Crippen LogP contribution in [0.1, 0.15) is 11.1 Å². The highest BCUT2D eigenvalue weighted by Gasteiger charge is 2.14. The van der Waals surface area contributed by atoms with Crippen molar-refractivity contribution in [3.63, 3.8) is 0 Å². The van der Waals surface area contributed by atoms with Gasteiger partial charge in [0, 0.05) is 6.07 Å². The summed E-state index contributed by atoms with van der Waals surface area (Å²) >= 11 is 1.03. The Hall–Kier alpha value is -4.38. The predicted octanol–water partition coefficient (Wildman–Crippen LogP) is 5.80. The number of amides is 1. The molecule has 0 bridgehead atoms. The predicted molar refractivity (Wildman–Crippen MR) is 142 cm³/mol. The number of nitrogens with one attached hydrogen (secondary N) is 1. The van der Waals surface area contributed by atoms with Crippen molar-refractivity contribution in [3.05, 3.63) is 65.2 Å². The zero-order chi connectivity index (χ0) is 27.2. The van der Waals surface area contributed by atoms with E-state index in [1.807, 2.05) is 30.4 Å². The van der Waals surface area contributed by atoms with E-state index in [4.69, 9.17) is 23.7 Å². The number of carbonyl (C=O) groups is 1. The van der Waals surface area contributed by atoms with Crippen LogP contribution in [-0.2, 0) is 4.79 Å². The molecule has 4 rings (SSSR count). The maximum Gasteiger partial charge on any atom is 0.264 e. The van der Waals surface area contributed by atoms with Crippen LogP contribution >= 0.6 is 11.3 Å². The minimum atomic E-state index is -1.00. The van der Waals surface area contributed by atoms with E-state index >= 15 is 0 Å². The monoisotopic (exact) mass is 542 g/mol. The van der Waals surface area contributed by atoms with Gasteiger partial charge in [0.15, 0.2) is 46.4 Å². The summed E-state index contributed by atoms with van der Waals surface area (Å²) in [6.45, 7) is -0.338. The van der Waals surface area contributed by atoms with Gasteiger partial charge >= 0.3 is 0 Å². The molecule has 0 aliphatic heterocycles. The fourth-order valence-electron chi connectivity index (χ4n) is 3.58. The molecule has 0 saturated carbocycles. The van der Waals surface area contributed by atoms with Gasteiger partial charge in [0.2, 0.25) is 5.75 Å². The Morgan fingerprint density at radius 2 is 1.47 bits per heavy atom. The molecule has 11 heteroatoms. The van der Waals surface area contributed by atoms with Gasteiger partial charge in [0.05, 0.1) is 38.7 Å². The summed E-state index contributed by atoms with van der Waals surface area (Å²) in [5, 5.41) is 2.78. The fraction of sp³-hybridized carbons (Fsp3) is 0.185. The van der Waals surface area contributed by atoms with Crippen molar-refractivity contribution in [2.24, 2.45) is 0 Å². The number of methoxy groups -OCH3 is 4. The van der Waals surface area contributed by atoms with E-state index in [1.54, 1.807) is 26.4 Å². The van der Waals surface area contributed by atoms with E-state index in [2.05, 4.69) is 10.3 Å². The Balaban J connectivity index is 1.47. The molecule has 0 saturated heterocycles. The number of benzene rings is 3. The minimum Gasteiger partial charge on any atom is -0.493 e. The fourth-order valence-corrected chi connectivity index (χ4v) is 4.46. The molecule has 0 aliphatic carbocycles. The van der Waals surface area contributed by atoms with Gasteiger partial charge < -0.3 is 23.7 Å². The number of ether oxygens (including phenoxy) is 5. The first kappa shape index (κ1) is 26.7. The van der Waals surface area contributed by atoms with Crippen LogP contribution in [0.3, 0.4) is 0 Å². The molecule has 3 aromatic carbocycles. The van der Waals surface area contributed by atoms with Crippen molar-refractivity contribution in [3.8, 4) is 28.7 Å². The lowest BCUT2D eigenvalue weighted by Crippen LogP contribution is -2.20. The quantitative estimate of drug-likeness (QED) is 0.254. The molecular formula is C27H24F2N2O6S. The van der Waals surface area contributed by atoms with Crippen molar-refractivity contribution in [1.82, 2.24) is 4.98 Å². The summed E-state index contributed by atoms with van der Waals surface area (Å²) in [7, 11) is 6.12. The van der Waals surface area contributed by atoms with Gasteiger partial charge in [0.25, 0.3) is 5.91 Å². The summed E-state index contributed by atoms with van der Waals surface area (Å²) in [6, 6.07) is 10.9. The lowest BCUT2D eigenvalue weighted by Gasteiger charge is -2.13. The third-order valence-electron chi connectivity index (χ3n) is 5.38. The van der Waals surface area contributed by atoms with Crippen molar-refractivity contribution in [2.75, 3.05) is 40.4 Å². The van der Waals surface area contributed by atoms with Gasteiger partial charge in [-0.25, -0.2) is 13.8 Å². The third kappa shape index (κ3) is 5.94. The van der Waals surface area contributed by atoms with Crippen molar-refractivity contribution < 1.29 is 37.3 Å². The largest absolute Gasteiger partial charge is 0.493 e. The van der Waals surface area contributed by atoms with Crippen molar-refractivity contribution >= 4 is 44.7 Å². The molecule has 1 heterocycles. The van der Waals surface area contributed by atoms with E-state index < -0.39 is 17.5 Å². The SMILES string of the molecule is COc1ccc(/C=C\c2cc(OC)c(OC)c(OC)c2)cc1OCC(=O)Nc1nc2cc(F)c(F)cc2s1. The number of fused-ring (bicyclic) bond motifs is 1. The number of thiazole rings is 1. The molecule has 8 nitrogen and oxygen atoms in total. The minimum absolute atomic E-state index is 0.201. The Labute approximate surface area is 221 Å². The molecule has 0 spiro atoms. The highest BCUT2D eigenvalue weighted by atomic mass is 32.1. The summed E-state index contributed by atoms with van der Waals surface area (Å²) in [4.78, 5) is 16.6. The highest BCUT2D eigenvalue weighted by Crippen LogP contribution is 2.39. The molecule has 0 atom stereocenters. The van der Waals surface area contributed by atoms with Crippen LogP contribution < -0.4 is 29.0 Å². The number of rotatable bonds is 10. The Morgan fingerprint density at radius 1 is 0.842 bits per heavy atom. The number of carbonyl (C=O) groups excluding carboxylic acids is 1. The lowest BCUT2D eigenvalue weighted by atomic mass is 10.1. The average molecular weight is 543 g/mol. The first-order chi connectivity index (χ1) is 18.3. The smallest absolute Gasteiger partial charge is 0.264 e. The maximum atomic E-state index is 13.4. The molecule has 0 unspecified atom stereocenters. The van der Waals surface area contributed by atoms with E-state index in [1.165, 1.54) is 14.2 Å². The molecule has 1 amide bonds. The first-order valence-corrected chi connectivity index (χ1v) is 12.0. The zero-order valence-corrected chi connectivity index (χ0v) is 21.8. The Kier molecular flexibility index (Phi) is 8.27. The van der Waals surface area contributed by atoms with Crippen LogP contribution in [0.25, 0.3) is 22.4 Å². The molecule has 198 valence electrons. The molecule has 4 aromatic rings. The third-order valence-corrected chi connectivity index (χ3v) is 6.31. The molecular weight excluding hydrogens is 518 g/mol. The van der Waals surface area contributed by atoms with E-state index in [0.717, 1.165) is 34.6 Å². The number of nitrogens with zero attached hydrogens (tertiary/aromatic N) is 1. The van der Waals surface area contributed by atoms with Crippen molar-refractivity contribution in [1.29, 1.82) is 0 Å². The highest BCUT2D eigenvalue weighted by molar-refractivity contribution is 7.22. The second-order valence-electron chi connectivity index (χ2n) is 7.79. The average Bonchev–Trinajstić information content (AvgIpc) is 3.30. The Bertz CT molecular complexity index is 1440. The first-order valence-electron chi connectivity index (χ1n) is 11.2. The topological polar surface area (TPSA) is 88.1 Å². The van der Waals surface area contributed by atoms with Gasteiger partial charge in [-0.3, -0.25) is 10.1 Å². The summed E-state index contributed by atoms with van der Waals surface area (Å²) in [5.74, 6) is -0.138. The van der Waals surface area contributed by atoms with Gasteiger partial charge in [0.1, 0.15) is 0 Å². The van der Waals surface area contributed by atoms with Gasteiger partial charge in [-0.05, 0) is 41.5 Å². The van der Waals surface area contributed by atoms with Crippen molar-refractivity contribution in [2.45, 2.75) is 0 Å². The lowest BCUT2D eigenvalue weighted by molar-refractivity contribution is -0.118. The van der Waals surface area contributed by atoms with Crippen LogP contribution in [0.2, 0.25) is 0 Å². The second-order valence-corrected chi connectivity index (χ2v) is 8.82. The molecule has 0 radical (unpaired) electrons. The summed E-state index contributed by atoms with van der Waals surface area (Å²) < 4.78 is 54.5. The van der Waals surface area contributed by atoms with E-state index in [0.29, 0.717) is 33.4 Å². The van der Waals surface area contributed by atoms with Crippen LogP contribution in [0.15, 0.2) is 42.5 Å². The van der Waals surface area contributed by atoms with Gasteiger partial charge in [-0.1, -0.05) is 29.6 Å². The van der Waals surface area contributed by atoms with Crippen LogP contribution in [0.4, 0.5) is 13.9 Å². The molecule has 1 aromatic heterocycles. The molecule has 38 heavy (non-hydrogen) atoms. The van der Waals surface area contributed by atoms with Crippen LogP contribution in [0, 0.1) is 11.6 Å². The number of aromatic nitrogens is 1. The summed E-state index contributed by atoms with van der Waals surface area (Å²) in [5.41, 5.74) is 1.84. The molecule has 1 N–H and O–H groups in total. The standard InChI is InChI=1S/C27H24F2N2O6S/c1-33-20-8-7-15(5-6-16-10-22(34-2)26(36-4)23(11-16)35-3)9-21(20)37-14-25(32)31-27-30-19-12-17(28)18(29)13-24(19)38-27/h5-13H,14H2,1-4H3,(H,30,31,32)/b6-5-. The molecule has 0 aliphatic rings. The maximum absolute atomic E-state index is 13.4. The number of halogens is 2. The zero-order valence-electron chi connectivity index (χ0n) is 21.0. The van der Waals surface area contributed by atoms with Crippen LogP contribution in [0.5, 0.6) is 28.7 Å². The number of hydrogen-bond donors (Lipinski definition) is 1. The van der Waals surface area contributed by atoms with E-state index in [9.17, 15) is 13.6 Å².